The maximum absolute atomic E-state index is 13.1. The second kappa shape index (κ2) is 11.0. The second-order valence-corrected chi connectivity index (χ2v) is 9.47. The number of hydrogen-bond acceptors (Lipinski definition) is 6. The SMILES string of the molecule is O=C(Cc1ccc(Oc2ccc3ncc(N4CCNCC4)nc3c2)cc1)Cc1ccc(Cl)c(C(F)(F)F)c1. The summed E-state index contributed by atoms with van der Waals surface area (Å²) in [4.78, 5) is 24.0. The van der Waals surface area contributed by atoms with Gasteiger partial charge >= 0.3 is 6.18 Å². The smallest absolute Gasteiger partial charge is 0.417 e. The summed E-state index contributed by atoms with van der Waals surface area (Å²) in [5.74, 6) is 1.82. The molecule has 2 heterocycles. The number of nitrogens with zero attached hydrogens (tertiary/aromatic N) is 3. The Morgan fingerprint density at radius 1 is 0.921 bits per heavy atom. The first kappa shape index (κ1) is 25.9. The molecule has 0 radical (unpaired) electrons. The van der Waals surface area contributed by atoms with Crippen LogP contribution in [0.15, 0.2) is 66.9 Å². The number of ether oxygens (including phenoxy) is 1. The molecule has 1 aliphatic rings. The van der Waals surface area contributed by atoms with Crippen molar-refractivity contribution in [3.8, 4) is 11.5 Å². The van der Waals surface area contributed by atoms with E-state index in [4.69, 9.17) is 21.3 Å². The Kier molecular flexibility index (Phi) is 7.49. The summed E-state index contributed by atoms with van der Waals surface area (Å²) in [6.07, 6.45) is -2.82. The molecule has 10 heteroatoms. The molecule has 5 rings (SSSR count). The number of anilines is 1. The maximum atomic E-state index is 13.1. The van der Waals surface area contributed by atoms with Gasteiger partial charge in [-0.15, -0.1) is 0 Å². The fraction of sp³-hybridized carbons (Fsp3) is 0.250. The molecule has 1 N–H and O–H groups in total. The first-order chi connectivity index (χ1) is 18.2. The number of hydrogen-bond donors (Lipinski definition) is 1. The highest BCUT2D eigenvalue weighted by atomic mass is 35.5. The lowest BCUT2D eigenvalue weighted by Gasteiger charge is -2.28. The highest BCUT2D eigenvalue weighted by molar-refractivity contribution is 6.31. The van der Waals surface area contributed by atoms with Crippen LogP contribution in [0.3, 0.4) is 0 Å². The number of halogens is 4. The number of benzene rings is 3. The Bertz CT molecular complexity index is 1460. The Hall–Kier alpha value is -3.69. The third-order valence-corrected chi connectivity index (χ3v) is 6.57. The molecular weight excluding hydrogens is 517 g/mol. The predicted molar refractivity (Wildman–Crippen MR) is 140 cm³/mol. The lowest BCUT2D eigenvalue weighted by Crippen LogP contribution is -2.43. The number of aromatic nitrogens is 2. The topological polar surface area (TPSA) is 67.3 Å². The highest BCUT2D eigenvalue weighted by Crippen LogP contribution is 2.35. The van der Waals surface area contributed by atoms with E-state index in [0.717, 1.165) is 54.7 Å². The number of alkyl halides is 3. The van der Waals surface area contributed by atoms with Crippen LogP contribution in [0.5, 0.6) is 11.5 Å². The number of fused-ring (bicyclic) bond motifs is 1. The molecule has 0 aliphatic carbocycles. The van der Waals surface area contributed by atoms with E-state index < -0.39 is 11.7 Å². The van der Waals surface area contributed by atoms with Crippen LogP contribution in [0.4, 0.5) is 19.0 Å². The van der Waals surface area contributed by atoms with Gasteiger partial charge in [-0.1, -0.05) is 29.8 Å². The molecule has 0 unspecified atom stereocenters. The maximum Gasteiger partial charge on any atom is 0.417 e. The van der Waals surface area contributed by atoms with Crippen LogP contribution in [0.1, 0.15) is 16.7 Å². The van der Waals surface area contributed by atoms with Gasteiger partial charge in [0, 0.05) is 45.1 Å². The molecule has 3 aromatic carbocycles. The molecule has 1 fully saturated rings. The van der Waals surface area contributed by atoms with Gasteiger partial charge in [0.15, 0.2) is 0 Å². The predicted octanol–water partition coefficient (Wildman–Crippen LogP) is 5.86. The van der Waals surface area contributed by atoms with Crippen molar-refractivity contribution in [1.29, 1.82) is 0 Å². The van der Waals surface area contributed by atoms with E-state index in [9.17, 15) is 18.0 Å². The molecule has 4 aromatic rings. The van der Waals surface area contributed by atoms with Crippen molar-refractivity contribution in [3.63, 3.8) is 0 Å². The first-order valence-corrected chi connectivity index (χ1v) is 12.5. The van der Waals surface area contributed by atoms with E-state index in [1.54, 1.807) is 30.5 Å². The molecule has 0 bridgehead atoms. The standard InChI is InChI=1S/C28H24ClF3N4O2/c29-24-7-3-19(15-23(24)28(30,31)32)14-20(37)13-18-1-4-21(5-2-18)38-22-6-8-25-26(16-22)35-27(17-34-25)36-11-9-33-10-12-36/h1-8,15-17,33H,9-14H2. The zero-order valence-electron chi connectivity index (χ0n) is 20.3. The summed E-state index contributed by atoms with van der Waals surface area (Å²) in [5, 5.41) is 2.94. The number of nitrogens with one attached hydrogen (secondary N) is 1. The number of carbonyl (C=O) groups excluding carboxylic acids is 1. The lowest BCUT2D eigenvalue weighted by molar-refractivity contribution is -0.137. The zero-order valence-corrected chi connectivity index (χ0v) is 21.0. The number of Topliss-reactive ketones (excluding diaryl/α,β-unsaturated/α-hetero) is 1. The zero-order chi connectivity index (χ0) is 26.7. The summed E-state index contributed by atoms with van der Waals surface area (Å²) < 4.78 is 45.2. The largest absolute Gasteiger partial charge is 0.457 e. The Morgan fingerprint density at radius 3 is 2.34 bits per heavy atom. The van der Waals surface area contributed by atoms with E-state index in [1.807, 2.05) is 18.2 Å². The van der Waals surface area contributed by atoms with Gasteiger partial charge in [0.1, 0.15) is 23.1 Å². The van der Waals surface area contributed by atoms with E-state index in [-0.39, 0.29) is 29.2 Å². The van der Waals surface area contributed by atoms with E-state index in [0.29, 0.717) is 11.5 Å². The van der Waals surface area contributed by atoms with Crippen molar-refractivity contribution >= 4 is 34.2 Å². The molecule has 0 spiro atoms. The number of rotatable bonds is 7. The van der Waals surface area contributed by atoms with Crippen LogP contribution >= 0.6 is 11.6 Å². The van der Waals surface area contributed by atoms with Crippen LogP contribution in [-0.2, 0) is 23.8 Å². The van der Waals surface area contributed by atoms with E-state index in [2.05, 4.69) is 15.2 Å². The fourth-order valence-electron chi connectivity index (χ4n) is 4.32. The molecule has 0 atom stereocenters. The molecule has 196 valence electrons. The van der Waals surface area contributed by atoms with Crippen LogP contribution < -0.4 is 15.0 Å². The van der Waals surface area contributed by atoms with Gasteiger partial charge in [0.2, 0.25) is 0 Å². The van der Waals surface area contributed by atoms with Crippen molar-refractivity contribution < 1.29 is 22.7 Å². The molecule has 0 amide bonds. The molecule has 38 heavy (non-hydrogen) atoms. The normalized spacial score (nSPS) is 14.1. The molecule has 0 saturated carbocycles. The number of ketones is 1. The minimum absolute atomic E-state index is 0.0879. The van der Waals surface area contributed by atoms with Crippen molar-refractivity contribution in [3.05, 3.63) is 88.6 Å². The van der Waals surface area contributed by atoms with Gasteiger partial charge in [0.25, 0.3) is 0 Å². The van der Waals surface area contributed by atoms with Crippen molar-refractivity contribution in [2.45, 2.75) is 19.0 Å². The Balaban J connectivity index is 1.22. The van der Waals surface area contributed by atoms with Gasteiger partial charge in [-0.3, -0.25) is 9.78 Å². The summed E-state index contributed by atoms with van der Waals surface area (Å²) in [5.41, 5.74) is 1.57. The quantitative estimate of drug-likeness (QED) is 0.317. The van der Waals surface area contributed by atoms with Crippen LogP contribution in [0, 0.1) is 0 Å². The molecular formula is C28H24ClF3N4O2. The highest BCUT2D eigenvalue weighted by Gasteiger charge is 2.33. The minimum Gasteiger partial charge on any atom is -0.457 e. The van der Waals surface area contributed by atoms with Gasteiger partial charge in [-0.2, -0.15) is 13.2 Å². The average molecular weight is 541 g/mol. The fourth-order valence-corrected chi connectivity index (χ4v) is 4.54. The lowest BCUT2D eigenvalue weighted by atomic mass is 10.0. The summed E-state index contributed by atoms with van der Waals surface area (Å²) in [6, 6.07) is 16.1. The van der Waals surface area contributed by atoms with Gasteiger partial charge in [-0.05, 0) is 47.5 Å². The van der Waals surface area contributed by atoms with Crippen LogP contribution in [0.2, 0.25) is 5.02 Å². The Labute approximate surface area is 222 Å². The molecule has 6 nitrogen and oxygen atoms in total. The second-order valence-electron chi connectivity index (χ2n) is 9.07. The third kappa shape index (κ3) is 6.23. The Morgan fingerprint density at radius 2 is 1.61 bits per heavy atom. The van der Waals surface area contributed by atoms with Gasteiger partial charge < -0.3 is 15.0 Å². The monoisotopic (exact) mass is 540 g/mol. The van der Waals surface area contributed by atoms with Gasteiger partial charge in [-0.25, -0.2) is 4.98 Å². The van der Waals surface area contributed by atoms with Crippen LogP contribution in [0.25, 0.3) is 11.0 Å². The third-order valence-electron chi connectivity index (χ3n) is 6.24. The summed E-state index contributed by atoms with van der Waals surface area (Å²) in [7, 11) is 0. The number of carbonyl (C=O) groups is 1. The molecule has 1 saturated heterocycles. The molecule has 1 aromatic heterocycles. The first-order valence-electron chi connectivity index (χ1n) is 12.1. The minimum atomic E-state index is -4.57. The van der Waals surface area contributed by atoms with E-state index >= 15 is 0 Å². The number of piperazine rings is 1. The average Bonchev–Trinajstić information content (AvgIpc) is 2.90. The summed E-state index contributed by atoms with van der Waals surface area (Å²) >= 11 is 5.66. The van der Waals surface area contributed by atoms with Gasteiger partial charge in [0.05, 0.1) is 27.8 Å². The van der Waals surface area contributed by atoms with E-state index in [1.165, 1.54) is 12.1 Å². The van der Waals surface area contributed by atoms with Crippen molar-refractivity contribution in [2.75, 3.05) is 31.1 Å². The van der Waals surface area contributed by atoms with Crippen molar-refractivity contribution in [1.82, 2.24) is 15.3 Å². The van der Waals surface area contributed by atoms with Crippen molar-refractivity contribution in [2.24, 2.45) is 0 Å². The summed E-state index contributed by atoms with van der Waals surface area (Å²) in [6.45, 7) is 3.56. The van der Waals surface area contributed by atoms with Crippen LogP contribution in [-0.4, -0.2) is 41.9 Å². The molecule has 1 aliphatic heterocycles.